The van der Waals surface area contributed by atoms with E-state index < -0.39 is 0 Å². The van der Waals surface area contributed by atoms with Gasteiger partial charge in [-0.2, -0.15) is 0 Å². The summed E-state index contributed by atoms with van der Waals surface area (Å²) in [5, 5.41) is 7.88. The van der Waals surface area contributed by atoms with Gasteiger partial charge in [-0.1, -0.05) is 97.1 Å². The zero-order valence-electron chi connectivity index (χ0n) is 21.4. The van der Waals surface area contributed by atoms with Gasteiger partial charge in [-0.3, -0.25) is 4.57 Å². The molecule has 0 saturated carbocycles. The summed E-state index contributed by atoms with van der Waals surface area (Å²) in [7, 11) is 0. The van der Waals surface area contributed by atoms with E-state index in [1.807, 2.05) is 30.3 Å². The van der Waals surface area contributed by atoms with Crippen LogP contribution in [0.2, 0.25) is 0 Å². The molecule has 0 saturated heterocycles. The molecule has 0 spiro atoms. The molecule has 0 aliphatic heterocycles. The summed E-state index contributed by atoms with van der Waals surface area (Å²) in [5.41, 5.74) is 6.83. The summed E-state index contributed by atoms with van der Waals surface area (Å²) in [6.07, 6.45) is 0. The summed E-state index contributed by atoms with van der Waals surface area (Å²) < 4.78 is 8.55. The highest BCUT2D eigenvalue weighted by Gasteiger charge is 2.20. The number of hydrogen-bond donors (Lipinski definition) is 0. The second-order valence-electron chi connectivity index (χ2n) is 10.2. The quantitative estimate of drug-likeness (QED) is 0.232. The molecule has 0 aliphatic rings. The van der Waals surface area contributed by atoms with Gasteiger partial charge in [0.1, 0.15) is 11.2 Å². The molecule has 0 N–H and O–H groups in total. The number of hydrogen-bond acceptors (Lipinski definition) is 3. The molecule has 4 heteroatoms. The fourth-order valence-electron chi connectivity index (χ4n) is 6.19. The van der Waals surface area contributed by atoms with Gasteiger partial charge in [-0.25, -0.2) is 9.97 Å². The van der Waals surface area contributed by atoms with Gasteiger partial charge in [-0.05, 0) is 35.7 Å². The van der Waals surface area contributed by atoms with Crippen molar-refractivity contribution in [3.63, 3.8) is 0 Å². The monoisotopic (exact) mass is 511 g/mol. The highest BCUT2D eigenvalue weighted by Crippen LogP contribution is 2.40. The average molecular weight is 512 g/mol. The second kappa shape index (κ2) is 8.01. The van der Waals surface area contributed by atoms with E-state index in [4.69, 9.17) is 14.4 Å². The second-order valence-corrected chi connectivity index (χ2v) is 10.2. The standard InChI is InChI=1S/C36H21N3O/c1-2-10-22(11-3-1)34-27-14-4-7-15-30(27)37-36(38-34)39-31-16-8-5-12-24(31)26-19-18-23-20-29-25-13-6-9-17-32(25)40-33(29)21-28(23)35(26)39/h1-21H. The number of benzene rings is 6. The molecule has 9 rings (SSSR count). The van der Waals surface area contributed by atoms with Crippen molar-refractivity contribution in [2.75, 3.05) is 0 Å². The average Bonchev–Trinajstić information content (AvgIpc) is 3.55. The Morgan fingerprint density at radius 1 is 0.500 bits per heavy atom. The van der Waals surface area contributed by atoms with Gasteiger partial charge in [-0.15, -0.1) is 0 Å². The minimum atomic E-state index is 0.654. The Labute approximate surface area is 228 Å². The number of nitrogens with zero attached hydrogens (tertiary/aromatic N) is 3. The van der Waals surface area contributed by atoms with Gasteiger partial charge in [0.2, 0.25) is 5.95 Å². The van der Waals surface area contributed by atoms with E-state index in [1.165, 1.54) is 5.39 Å². The van der Waals surface area contributed by atoms with Crippen LogP contribution in [0.1, 0.15) is 0 Å². The molecule has 3 heterocycles. The molecular formula is C36H21N3O. The highest BCUT2D eigenvalue weighted by atomic mass is 16.3. The molecule has 6 aromatic carbocycles. The summed E-state index contributed by atoms with van der Waals surface area (Å²) in [6, 6.07) is 44.2. The van der Waals surface area contributed by atoms with E-state index in [0.717, 1.165) is 71.3 Å². The molecule has 0 amide bonds. The first-order chi connectivity index (χ1) is 19.8. The van der Waals surface area contributed by atoms with E-state index >= 15 is 0 Å². The van der Waals surface area contributed by atoms with Crippen LogP contribution in [0.15, 0.2) is 132 Å². The fourth-order valence-corrected chi connectivity index (χ4v) is 6.19. The van der Waals surface area contributed by atoms with Crippen LogP contribution in [0.3, 0.4) is 0 Å². The summed E-state index contributed by atoms with van der Waals surface area (Å²) in [5.74, 6) is 0.654. The van der Waals surface area contributed by atoms with Gasteiger partial charge in [0.15, 0.2) is 0 Å². The van der Waals surface area contributed by atoms with Crippen LogP contribution in [-0.2, 0) is 0 Å². The van der Waals surface area contributed by atoms with Crippen molar-refractivity contribution in [1.29, 1.82) is 0 Å². The first-order valence-corrected chi connectivity index (χ1v) is 13.4. The van der Waals surface area contributed by atoms with Crippen LogP contribution in [-0.4, -0.2) is 14.5 Å². The van der Waals surface area contributed by atoms with Crippen LogP contribution in [0.25, 0.3) is 82.6 Å². The smallest absolute Gasteiger partial charge is 0.235 e. The van der Waals surface area contributed by atoms with Gasteiger partial charge < -0.3 is 4.42 Å². The van der Waals surface area contributed by atoms with Crippen LogP contribution in [0, 0.1) is 0 Å². The number of fused-ring (bicyclic) bond motifs is 9. The fraction of sp³-hybridized carbons (Fsp3) is 0. The zero-order valence-corrected chi connectivity index (χ0v) is 21.4. The van der Waals surface area contributed by atoms with E-state index in [2.05, 4.69) is 102 Å². The summed E-state index contributed by atoms with van der Waals surface area (Å²) in [4.78, 5) is 10.4. The van der Waals surface area contributed by atoms with Gasteiger partial charge in [0, 0.05) is 37.9 Å². The highest BCUT2D eigenvalue weighted by molar-refractivity contribution is 6.21. The Morgan fingerprint density at radius 3 is 2.15 bits per heavy atom. The van der Waals surface area contributed by atoms with Crippen molar-refractivity contribution in [3.8, 4) is 17.2 Å². The van der Waals surface area contributed by atoms with E-state index in [0.29, 0.717) is 5.95 Å². The lowest BCUT2D eigenvalue weighted by Crippen LogP contribution is -2.03. The van der Waals surface area contributed by atoms with Crippen LogP contribution < -0.4 is 0 Å². The Bertz CT molecular complexity index is 2430. The van der Waals surface area contributed by atoms with Crippen LogP contribution >= 0.6 is 0 Å². The lowest BCUT2D eigenvalue weighted by Gasteiger charge is -2.12. The first kappa shape index (κ1) is 21.5. The Morgan fingerprint density at radius 2 is 1.25 bits per heavy atom. The van der Waals surface area contributed by atoms with E-state index in [-0.39, 0.29) is 0 Å². The maximum Gasteiger partial charge on any atom is 0.235 e. The van der Waals surface area contributed by atoms with Crippen molar-refractivity contribution in [3.05, 3.63) is 127 Å². The molecule has 0 unspecified atom stereocenters. The van der Waals surface area contributed by atoms with E-state index in [1.54, 1.807) is 0 Å². The predicted molar refractivity (Wildman–Crippen MR) is 164 cm³/mol. The van der Waals surface area contributed by atoms with Crippen molar-refractivity contribution >= 4 is 65.4 Å². The molecule has 0 radical (unpaired) electrons. The Kier molecular flexibility index (Phi) is 4.30. The van der Waals surface area contributed by atoms with Crippen LogP contribution in [0.5, 0.6) is 0 Å². The molecule has 0 fully saturated rings. The third-order valence-corrected chi connectivity index (χ3v) is 7.99. The number of rotatable bonds is 2. The molecular weight excluding hydrogens is 490 g/mol. The largest absolute Gasteiger partial charge is 0.456 e. The van der Waals surface area contributed by atoms with Crippen molar-refractivity contribution < 1.29 is 4.42 Å². The molecule has 9 aromatic rings. The van der Waals surface area contributed by atoms with Crippen LogP contribution in [0.4, 0.5) is 0 Å². The molecule has 0 aliphatic carbocycles. The maximum atomic E-state index is 6.32. The normalized spacial score (nSPS) is 12.0. The first-order valence-electron chi connectivity index (χ1n) is 13.4. The third-order valence-electron chi connectivity index (χ3n) is 7.99. The molecule has 0 atom stereocenters. The minimum Gasteiger partial charge on any atom is -0.456 e. The number of aromatic nitrogens is 3. The summed E-state index contributed by atoms with van der Waals surface area (Å²) in [6.45, 7) is 0. The van der Waals surface area contributed by atoms with Gasteiger partial charge in [0.25, 0.3) is 0 Å². The Hall–Kier alpha value is -5.48. The van der Waals surface area contributed by atoms with E-state index in [9.17, 15) is 0 Å². The predicted octanol–water partition coefficient (Wildman–Crippen LogP) is 9.45. The topological polar surface area (TPSA) is 43.9 Å². The van der Waals surface area contributed by atoms with Gasteiger partial charge >= 0.3 is 0 Å². The Balaban J connectivity index is 1.45. The molecule has 0 bridgehead atoms. The third kappa shape index (κ3) is 2.96. The SMILES string of the molecule is c1ccc(-c2nc(-n3c4ccccc4c4ccc5cc6c(cc5c43)oc3ccccc36)nc3ccccc23)cc1. The summed E-state index contributed by atoms with van der Waals surface area (Å²) >= 11 is 0. The molecule has 40 heavy (non-hydrogen) atoms. The lowest BCUT2D eigenvalue weighted by molar-refractivity contribution is 0.669. The number of para-hydroxylation sites is 3. The van der Waals surface area contributed by atoms with Gasteiger partial charge in [0.05, 0.1) is 22.2 Å². The molecule has 186 valence electrons. The number of furan rings is 1. The van der Waals surface area contributed by atoms with Crippen molar-refractivity contribution in [1.82, 2.24) is 14.5 Å². The minimum absolute atomic E-state index is 0.654. The zero-order chi connectivity index (χ0) is 26.2. The van der Waals surface area contributed by atoms with Crippen molar-refractivity contribution in [2.24, 2.45) is 0 Å². The lowest BCUT2D eigenvalue weighted by atomic mass is 10.0. The molecule has 4 nitrogen and oxygen atoms in total. The maximum absolute atomic E-state index is 6.32. The van der Waals surface area contributed by atoms with Crippen molar-refractivity contribution in [2.45, 2.75) is 0 Å². The molecule has 3 aromatic heterocycles.